The summed E-state index contributed by atoms with van der Waals surface area (Å²) < 4.78 is 0. The molecule has 1 radical (unpaired) electrons. The minimum absolute atomic E-state index is 0.348. The highest BCUT2D eigenvalue weighted by Crippen LogP contribution is 2.27. The van der Waals surface area contributed by atoms with E-state index in [1.807, 2.05) is 24.3 Å². The van der Waals surface area contributed by atoms with Crippen LogP contribution in [0.2, 0.25) is 0 Å². The molecule has 2 N–H and O–H groups in total. The highest BCUT2D eigenvalue weighted by atomic mass is 15.1. The molecule has 1 aliphatic heterocycles. The van der Waals surface area contributed by atoms with E-state index in [9.17, 15) is 0 Å². The Kier molecular flexibility index (Phi) is 0.917. The Bertz CT molecular complexity index is 291. The molecule has 0 atom stereocenters. The zero-order valence-electron chi connectivity index (χ0n) is 5.28. The number of benzene rings is 1. The van der Waals surface area contributed by atoms with Crippen LogP contribution in [0, 0.1) is 0 Å². The molecular formula is C7H6N3. The number of guanidine groups is 1. The summed E-state index contributed by atoms with van der Waals surface area (Å²) >= 11 is 0. The van der Waals surface area contributed by atoms with Gasteiger partial charge in [0.1, 0.15) is 0 Å². The number of fused-ring (bicyclic) bond motifs is 1. The fourth-order valence-corrected chi connectivity index (χ4v) is 0.925. The first-order valence-corrected chi connectivity index (χ1v) is 3.01. The van der Waals surface area contributed by atoms with Crippen LogP contribution < -0.4 is 11.1 Å². The van der Waals surface area contributed by atoms with Gasteiger partial charge in [0.05, 0.1) is 11.4 Å². The molecule has 0 saturated heterocycles. The van der Waals surface area contributed by atoms with Gasteiger partial charge >= 0.3 is 0 Å². The van der Waals surface area contributed by atoms with Crippen molar-refractivity contribution >= 4 is 17.3 Å². The second-order valence-corrected chi connectivity index (χ2v) is 2.07. The molecule has 1 aromatic carbocycles. The lowest BCUT2D eigenvalue weighted by Gasteiger charge is -1.90. The summed E-state index contributed by atoms with van der Waals surface area (Å²) in [7, 11) is 0. The molecule has 1 aliphatic rings. The molecule has 0 saturated carbocycles. The molecule has 0 aliphatic carbocycles. The lowest BCUT2D eigenvalue weighted by Crippen LogP contribution is -2.16. The summed E-state index contributed by atoms with van der Waals surface area (Å²) in [6, 6.07) is 7.60. The number of hydrogen-bond acceptors (Lipinski definition) is 2. The number of nitrogens with two attached hydrogens (primary N) is 1. The van der Waals surface area contributed by atoms with E-state index in [4.69, 9.17) is 5.73 Å². The van der Waals surface area contributed by atoms with Gasteiger partial charge in [-0.15, -0.1) is 0 Å². The molecule has 0 unspecified atom stereocenters. The lowest BCUT2D eigenvalue weighted by atomic mass is 10.3. The maximum atomic E-state index is 5.37. The van der Waals surface area contributed by atoms with Gasteiger partial charge in [-0.3, -0.25) is 0 Å². The van der Waals surface area contributed by atoms with Crippen LogP contribution >= 0.6 is 0 Å². The van der Waals surface area contributed by atoms with Crippen LogP contribution in [0.4, 0.5) is 11.4 Å². The van der Waals surface area contributed by atoms with Crippen LogP contribution in [0.25, 0.3) is 0 Å². The summed E-state index contributed by atoms with van der Waals surface area (Å²) in [6.07, 6.45) is 0. The third-order valence-corrected chi connectivity index (χ3v) is 1.35. The zero-order chi connectivity index (χ0) is 6.97. The van der Waals surface area contributed by atoms with E-state index in [0.717, 1.165) is 11.4 Å². The van der Waals surface area contributed by atoms with E-state index in [0.29, 0.717) is 5.96 Å². The molecule has 0 fully saturated rings. The molecule has 3 heteroatoms. The molecule has 3 nitrogen and oxygen atoms in total. The molecule has 10 heavy (non-hydrogen) atoms. The summed E-state index contributed by atoms with van der Waals surface area (Å²) in [6.45, 7) is 0. The lowest BCUT2D eigenvalue weighted by molar-refractivity contribution is 1.27. The molecule has 1 heterocycles. The number of para-hydroxylation sites is 2. The second-order valence-electron chi connectivity index (χ2n) is 2.07. The topological polar surface area (TPSA) is 52.5 Å². The van der Waals surface area contributed by atoms with Gasteiger partial charge in [0, 0.05) is 0 Å². The van der Waals surface area contributed by atoms with E-state index in [1.165, 1.54) is 0 Å². The summed E-state index contributed by atoms with van der Waals surface area (Å²) in [5, 5.41) is 3.98. The molecule has 1 aromatic rings. The average molecular weight is 132 g/mol. The van der Waals surface area contributed by atoms with E-state index in [1.54, 1.807) is 0 Å². The van der Waals surface area contributed by atoms with Crippen LogP contribution in [0.3, 0.4) is 0 Å². The Morgan fingerprint density at radius 2 is 1.80 bits per heavy atom. The van der Waals surface area contributed by atoms with Gasteiger partial charge in [0.15, 0.2) is 0 Å². The van der Waals surface area contributed by atoms with E-state index < -0.39 is 0 Å². The van der Waals surface area contributed by atoms with Gasteiger partial charge < -0.3 is 5.73 Å². The summed E-state index contributed by atoms with van der Waals surface area (Å²) in [5.41, 5.74) is 7.09. The van der Waals surface area contributed by atoms with Crippen molar-refractivity contribution in [1.29, 1.82) is 0 Å². The number of nitrogens with zero attached hydrogens (tertiary/aromatic N) is 2. The van der Waals surface area contributed by atoms with Crippen molar-refractivity contribution in [2.45, 2.75) is 0 Å². The standard InChI is InChI=1S/C7H6N3/c8-7-9-5-3-1-2-4-6(5)10-7/h1-4H,(H2,8,9). The Balaban J connectivity index is 2.54. The first-order valence-electron chi connectivity index (χ1n) is 3.01. The van der Waals surface area contributed by atoms with Gasteiger partial charge in [0.2, 0.25) is 5.96 Å². The predicted molar refractivity (Wildman–Crippen MR) is 39.5 cm³/mol. The third-order valence-electron chi connectivity index (χ3n) is 1.35. The number of aliphatic imine (C=N–C) groups is 1. The van der Waals surface area contributed by atoms with Crippen LogP contribution in [0.1, 0.15) is 0 Å². The third kappa shape index (κ3) is 0.639. The van der Waals surface area contributed by atoms with Crippen molar-refractivity contribution in [3.8, 4) is 0 Å². The Labute approximate surface area is 58.6 Å². The molecule has 0 aromatic heterocycles. The SMILES string of the molecule is NC1=Nc2ccccc2[N]1. The highest BCUT2D eigenvalue weighted by Gasteiger charge is 2.10. The van der Waals surface area contributed by atoms with Crippen molar-refractivity contribution < 1.29 is 0 Å². The normalized spacial score (nSPS) is 13.8. The maximum Gasteiger partial charge on any atom is 0.221 e. The molecular weight excluding hydrogens is 126 g/mol. The monoisotopic (exact) mass is 132 g/mol. The van der Waals surface area contributed by atoms with Crippen LogP contribution in [-0.2, 0) is 0 Å². The van der Waals surface area contributed by atoms with Crippen molar-refractivity contribution in [2.75, 3.05) is 0 Å². The quantitative estimate of drug-likeness (QED) is 0.559. The summed E-state index contributed by atoms with van der Waals surface area (Å²) in [5.74, 6) is 0.348. The van der Waals surface area contributed by atoms with Crippen molar-refractivity contribution in [3.05, 3.63) is 24.3 Å². The average Bonchev–Trinajstić information content (AvgIpc) is 2.27. The van der Waals surface area contributed by atoms with E-state index in [2.05, 4.69) is 10.3 Å². The summed E-state index contributed by atoms with van der Waals surface area (Å²) in [4.78, 5) is 3.98. The molecule has 49 valence electrons. The zero-order valence-corrected chi connectivity index (χ0v) is 5.28. The van der Waals surface area contributed by atoms with Crippen molar-refractivity contribution in [1.82, 2.24) is 5.32 Å². The molecule has 0 spiro atoms. The smallest absolute Gasteiger partial charge is 0.221 e. The van der Waals surface area contributed by atoms with E-state index in [-0.39, 0.29) is 0 Å². The Morgan fingerprint density at radius 1 is 1.10 bits per heavy atom. The van der Waals surface area contributed by atoms with Crippen LogP contribution in [0.15, 0.2) is 29.3 Å². The van der Waals surface area contributed by atoms with Gasteiger partial charge in [-0.05, 0) is 12.1 Å². The fraction of sp³-hybridized carbons (Fsp3) is 0. The van der Waals surface area contributed by atoms with Gasteiger partial charge in [-0.25, -0.2) is 10.3 Å². The van der Waals surface area contributed by atoms with Gasteiger partial charge in [0.25, 0.3) is 0 Å². The van der Waals surface area contributed by atoms with Gasteiger partial charge in [-0.2, -0.15) is 0 Å². The van der Waals surface area contributed by atoms with Crippen LogP contribution in [0.5, 0.6) is 0 Å². The Morgan fingerprint density at radius 3 is 2.50 bits per heavy atom. The van der Waals surface area contributed by atoms with Crippen molar-refractivity contribution in [3.63, 3.8) is 0 Å². The van der Waals surface area contributed by atoms with Crippen LogP contribution in [-0.4, -0.2) is 5.96 Å². The van der Waals surface area contributed by atoms with Crippen molar-refractivity contribution in [2.24, 2.45) is 10.7 Å². The first kappa shape index (κ1) is 5.29. The predicted octanol–water partition coefficient (Wildman–Crippen LogP) is 0.882. The molecule has 0 bridgehead atoms. The fourth-order valence-electron chi connectivity index (χ4n) is 0.925. The highest BCUT2D eigenvalue weighted by molar-refractivity contribution is 5.93. The second kappa shape index (κ2) is 1.73. The van der Waals surface area contributed by atoms with Gasteiger partial charge in [-0.1, -0.05) is 12.1 Å². The maximum absolute atomic E-state index is 5.37. The largest absolute Gasteiger partial charge is 0.368 e. The minimum atomic E-state index is 0.348. The Hall–Kier alpha value is -1.51. The number of rotatable bonds is 0. The minimum Gasteiger partial charge on any atom is -0.368 e. The number of hydrogen-bond donors (Lipinski definition) is 1. The van der Waals surface area contributed by atoms with E-state index >= 15 is 0 Å². The first-order chi connectivity index (χ1) is 4.86. The molecule has 2 rings (SSSR count). The molecule has 0 amide bonds.